The Balaban J connectivity index is 2.40. The first-order valence-electron chi connectivity index (χ1n) is 4.79. The lowest BCUT2D eigenvalue weighted by atomic mass is 10.4. The van der Waals surface area contributed by atoms with Gasteiger partial charge in [0.15, 0.2) is 0 Å². The first-order chi connectivity index (χ1) is 6.59. The van der Waals surface area contributed by atoms with Gasteiger partial charge in [0.05, 0.1) is 6.54 Å². The van der Waals surface area contributed by atoms with Gasteiger partial charge in [-0.3, -0.25) is 14.5 Å². The van der Waals surface area contributed by atoms with Crippen molar-refractivity contribution < 1.29 is 14.7 Å². The molecule has 0 aliphatic carbocycles. The summed E-state index contributed by atoms with van der Waals surface area (Å²) in [5.74, 6) is -0.733. The summed E-state index contributed by atoms with van der Waals surface area (Å²) in [6, 6.07) is 0. The number of carbonyl (C=O) groups is 2. The van der Waals surface area contributed by atoms with Gasteiger partial charge < -0.3 is 10.0 Å². The van der Waals surface area contributed by atoms with Crippen molar-refractivity contribution >= 4 is 11.9 Å². The van der Waals surface area contributed by atoms with E-state index in [1.807, 2.05) is 4.90 Å². The van der Waals surface area contributed by atoms with Gasteiger partial charge in [0.1, 0.15) is 0 Å². The van der Waals surface area contributed by atoms with E-state index >= 15 is 0 Å². The predicted octanol–water partition coefficient (Wildman–Crippen LogP) is -0.375. The van der Waals surface area contributed by atoms with Crippen LogP contribution < -0.4 is 0 Å². The van der Waals surface area contributed by atoms with Gasteiger partial charge in [-0.15, -0.1) is 0 Å². The molecule has 0 bridgehead atoms. The topological polar surface area (TPSA) is 60.9 Å². The zero-order valence-electron chi connectivity index (χ0n) is 8.40. The Kier molecular flexibility index (Phi) is 3.88. The highest BCUT2D eigenvalue weighted by Gasteiger charge is 2.17. The molecule has 1 amide bonds. The van der Waals surface area contributed by atoms with Crippen molar-refractivity contribution in [3.05, 3.63) is 0 Å². The molecule has 0 aromatic rings. The third kappa shape index (κ3) is 3.33. The van der Waals surface area contributed by atoms with Crippen molar-refractivity contribution in [2.75, 3.05) is 32.7 Å². The molecule has 0 unspecified atom stereocenters. The number of hydrogen-bond acceptors (Lipinski definition) is 3. The van der Waals surface area contributed by atoms with Crippen LogP contribution in [0.2, 0.25) is 0 Å². The largest absolute Gasteiger partial charge is 0.480 e. The van der Waals surface area contributed by atoms with Crippen LogP contribution in [0, 0.1) is 0 Å². The summed E-state index contributed by atoms with van der Waals surface area (Å²) in [6.07, 6.45) is 0.854. The Morgan fingerprint density at radius 2 is 1.93 bits per heavy atom. The summed E-state index contributed by atoms with van der Waals surface area (Å²) >= 11 is 0. The second-order valence-corrected chi connectivity index (χ2v) is 3.53. The lowest BCUT2D eigenvalue weighted by Gasteiger charge is -2.19. The van der Waals surface area contributed by atoms with E-state index in [-0.39, 0.29) is 12.5 Å². The van der Waals surface area contributed by atoms with Crippen LogP contribution in [-0.4, -0.2) is 59.5 Å². The molecule has 1 N–H and O–H groups in total. The second kappa shape index (κ2) is 4.95. The van der Waals surface area contributed by atoms with Gasteiger partial charge >= 0.3 is 5.97 Å². The predicted molar refractivity (Wildman–Crippen MR) is 50.9 cm³/mol. The maximum atomic E-state index is 11.1. The molecule has 1 fully saturated rings. The minimum Gasteiger partial charge on any atom is -0.480 e. The fourth-order valence-electron chi connectivity index (χ4n) is 1.64. The highest BCUT2D eigenvalue weighted by atomic mass is 16.4. The molecular weight excluding hydrogens is 184 g/mol. The van der Waals surface area contributed by atoms with Crippen LogP contribution in [0.5, 0.6) is 0 Å². The van der Waals surface area contributed by atoms with Crippen molar-refractivity contribution in [1.29, 1.82) is 0 Å². The van der Waals surface area contributed by atoms with Crippen LogP contribution in [-0.2, 0) is 9.59 Å². The molecular formula is C9H16N2O3. The number of carboxylic acids is 1. The molecule has 1 heterocycles. The second-order valence-electron chi connectivity index (χ2n) is 3.53. The Bertz CT molecular complexity index is 230. The molecule has 0 aromatic heterocycles. The monoisotopic (exact) mass is 200 g/mol. The minimum atomic E-state index is -0.804. The first-order valence-corrected chi connectivity index (χ1v) is 4.79. The fraction of sp³-hybridized carbons (Fsp3) is 0.778. The summed E-state index contributed by atoms with van der Waals surface area (Å²) in [5.41, 5.74) is 0. The van der Waals surface area contributed by atoms with Gasteiger partial charge in [-0.25, -0.2) is 0 Å². The fourth-order valence-corrected chi connectivity index (χ4v) is 1.64. The van der Waals surface area contributed by atoms with E-state index in [1.165, 1.54) is 0 Å². The lowest BCUT2D eigenvalue weighted by Crippen LogP contribution is -2.35. The van der Waals surface area contributed by atoms with Crippen molar-refractivity contribution in [2.45, 2.75) is 13.3 Å². The molecule has 1 aliphatic rings. The quantitative estimate of drug-likeness (QED) is 0.660. The van der Waals surface area contributed by atoms with E-state index in [0.29, 0.717) is 13.1 Å². The SMILES string of the molecule is CC(=O)N1CCCN(CC(=O)O)CC1. The highest BCUT2D eigenvalue weighted by Crippen LogP contribution is 2.02. The first kappa shape index (κ1) is 11.0. The molecule has 0 atom stereocenters. The zero-order chi connectivity index (χ0) is 10.6. The van der Waals surface area contributed by atoms with Crippen LogP contribution in [0.25, 0.3) is 0 Å². The van der Waals surface area contributed by atoms with Crippen molar-refractivity contribution in [1.82, 2.24) is 9.80 Å². The molecule has 14 heavy (non-hydrogen) atoms. The number of aliphatic carboxylic acids is 1. The van der Waals surface area contributed by atoms with Crippen LogP contribution in [0.3, 0.4) is 0 Å². The maximum absolute atomic E-state index is 11.1. The number of rotatable bonds is 2. The third-order valence-corrected chi connectivity index (χ3v) is 2.39. The van der Waals surface area contributed by atoms with Crippen LogP contribution in [0.1, 0.15) is 13.3 Å². The summed E-state index contributed by atoms with van der Waals surface area (Å²) < 4.78 is 0. The lowest BCUT2D eigenvalue weighted by molar-refractivity contribution is -0.138. The van der Waals surface area contributed by atoms with E-state index in [1.54, 1.807) is 11.8 Å². The normalized spacial score (nSPS) is 19.1. The molecule has 0 saturated carbocycles. The number of carboxylic acid groups (broad SMARTS) is 1. The van der Waals surface area contributed by atoms with Gasteiger partial charge in [0, 0.05) is 33.1 Å². The highest BCUT2D eigenvalue weighted by molar-refractivity contribution is 5.73. The number of amides is 1. The van der Waals surface area contributed by atoms with E-state index < -0.39 is 5.97 Å². The summed E-state index contributed by atoms with van der Waals surface area (Å²) in [7, 11) is 0. The van der Waals surface area contributed by atoms with Gasteiger partial charge in [-0.1, -0.05) is 0 Å². The van der Waals surface area contributed by atoms with Crippen molar-refractivity contribution in [3.63, 3.8) is 0 Å². The number of hydrogen-bond donors (Lipinski definition) is 1. The number of nitrogens with zero attached hydrogens (tertiary/aromatic N) is 2. The van der Waals surface area contributed by atoms with E-state index in [0.717, 1.165) is 19.5 Å². The maximum Gasteiger partial charge on any atom is 0.317 e. The summed E-state index contributed by atoms with van der Waals surface area (Å²) in [6.45, 7) is 4.43. The summed E-state index contributed by atoms with van der Waals surface area (Å²) in [4.78, 5) is 25.2. The zero-order valence-corrected chi connectivity index (χ0v) is 8.40. The van der Waals surface area contributed by atoms with Crippen molar-refractivity contribution in [3.8, 4) is 0 Å². The molecule has 0 aromatic carbocycles. The van der Waals surface area contributed by atoms with E-state index in [9.17, 15) is 9.59 Å². The van der Waals surface area contributed by atoms with Crippen molar-refractivity contribution in [2.24, 2.45) is 0 Å². The molecule has 1 aliphatic heterocycles. The Labute approximate surface area is 83.3 Å². The molecule has 5 nitrogen and oxygen atoms in total. The standard InChI is InChI=1S/C9H16N2O3/c1-8(12)11-4-2-3-10(5-6-11)7-9(13)14/h2-7H2,1H3,(H,13,14). The minimum absolute atomic E-state index is 0.0715. The molecule has 1 saturated heterocycles. The Hall–Kier alpha value is -1.10. The van der Waals surface area contributed by atoms with E-state index in [4.69, 9.17) is 5.11 Å². The Morgan fingerprint density at radius 3 is 2.50 bits per heavy atom. The average Bonchev–Trinajstić information content (AvgIpc) is 2.28. The van der Waals surface area contributed by atoms with Crippen LogP contribution in [0.4, 0.5) is 0 Å². The van der Waals surface area contributed by atoms with Gasteiger partial charge in [-0.2, -0.15) is 0 Å². The molecule has 0 radical (unpaired) electrons. The van der Waals surface area contributed by atoms with Crippen LogP contribution >= 0.6 is 0 Å². The van der Waals surface area contributed by atoms with Gasteiger partial charge in [-0.05, 0) is 6.42 Å². The molecule has 0 spiro atoms. The molecule has 80 valence electrons. The third-order valence-electron chi connectivity index (χ3n) is 2.39. The average molecular weight is 200 g/mol. The van der Waals surface area contributed by atoms with Crippen LogP contribution in [0.15, 0.2) is 0 Å². The molecule has 5 heteroatoms. The Morgan fingerprint density at radius 1 is 1.21 bits per heavy atom. The van der Waals surface area contributed by atoms with Gasteiger partial charge in [0.25, 0.3) is 0 Å². The number of carbonyl (C=O) groups excluding carboxylic acids is 1. The van der Waals surface area contributed by atoms with Gasteiger partial charge in [0.2, 0.25) is 5.91 Å². The summed E-state index contributed by atoms with van der Waals surface area (Å²) in [5, 5.41) is 8.61. The van der Waals surface area contributed by atoms with E-state index in [2.05, 4.69) is 0 Å². The molecule has 1 rings (SSSR count). The smallest absolute Gasteiger partial charge is 0.317 e.